The number of halogens is 1. The van der Waals surface area contributed by atoms with Crippen LogP contribution in [0.1, 0.15) is 57.5 Å². The van der Waals surface area contributed by atoms with Crippen LogP contribution in [0.2, 0.25) is 5.02 Å². The smallest absolute Gasteiger partial charge is 0.263 e. The van der Waals surface area contributed by atoms with Gasteiger partial charge in [-0.2, -0.15) is 0 Å². The molecule has 0 unspecified atom stereocenters. The molecule has 5 nitrogen and oxygen atoms in total. The van der Waals surface area contributed by atoms with Crippen molar-refractivity contribution in [2.45, 2.75) is 39.2 Å². The minimum Gasteiger partial charge on any atom is -0.352 e. The molecule has 0 radical (unpaired) electrons. The molecule has 1 aromatic heterocycles. The summed E-state index contributed by atoms with van der Waals surface area (Å²) in [5.41, 5.74) is 0.901. The number of rotatable bonds is 7. The van der Waals surface area contributed by atoms with Gasteiger partial charge < -0.3 is 10.2 Å². The second-order valence-corrected chi connectivity index (χ2v) is 8.88. The molecule has 2 aromatic rings. The van der Waals surface area contributed by atoms with E-state index in [4.69, 9.17) is 11.6 Å². The minimum atomic E-state index is -0.0200. The molecular weight excluding hydrogens is 408 g/mol. The third-order valence-corrected chi connectivity index (χ3v) is 6.73. The third-order valence-electron chi connectivity index (χ3n) is 5.18. The van der Waals surface area contributed by atoms with Gasteiger partial charge in [0.1, 0.15) is 0 Å². The predicted molar refractivity (Wildman–Crippen MR) is 115 cm³/mol. The van der Waals surface area contributed by atoms with Gasteiger partial charge in [0.25, 0.3) is 5.91 Å². The summed E-state index contributed by atoms with van der Waals surface area (Å²) in [7, 11) is 0. The Hall–Kier alpha value is -2.18. The Bertz CT molecular complexity index is 896. The molecule has 1 atom stereocenters. The average Bonchev–Trinajstić information content (AvgIpc) is 3.22. The average molecular weight is 433 g/mol. The Morgan fingerprint density at radius 3 is 2.66 bits per heavy atom. The number of piperidine rings is 1. The molecule has 2 amide bonds. The lowest BCUT2D eigenvalue weighted by Crippen LogP contribution is -2.40. The summed E-state index contributed by atoms with van der Waals surface area (Å²) in [4.78, 5) is 39.5. The van der Waals surface area contributed by atoms with Gasteiger partial charge in [0.15, 0.2) is 5.78 Å². The molecule has 1 aliphatic rings. The number of nitrogens with zero attached hydrogens (tertiary/aromatic N) is 1. The van der Waals surface area contributed by atoms with E-state index < -0.39 is 0 Å². The maximum absolute atomic E-state index is 12.7. The summed E-state index contributed by atoms with van der Waals surface area (Å²) < 4.78 is 0. The van der Waals surface area contributed by atoms with Crippen LogP contribution in [-0.2, 0) is 11.3 Å². The van der Waals surface area contributed by atoms with E-state index in [0.717, 1.165) is 31.4 Å². The number of nitrogens with one attached hydrogen (secondary N) is 1. The monoisotopic (exact) mass is 432 g/mol. The van der Waals surface area contributed by atoms with E-state index in [1.165, 1.54) is 18.3 Å². The number of ketones is 1. The Labute approximate surface area is 180 Å². The van der Waals surface area contributed by atoms with Crippen LogP contribution in [0.25, 0.3) is 0 Å². The lowest BCUT2D eigenvalue weighted by Gasteiger charge is -2.32. The van der Waals surface area contributed by atoms with Gasteiger partial charge in [-0.15, -0.1) is 11.3 Å². The van der Waals surface area contributed by atoms with Gasteiger partial charge >= 0.3 is 0 Å². The number of Topliss-reactive ketones (excluding diaryl/α,β-unsaturated/α-hetero) is 1. The van der Waals surface area contributed by atoms with Crippen molar-refractivity contribution in [3.63, 3.8) is 0 Å². The molecule has 0 saturated carbocycles. The zero-order valence-corrected chi connectivity index (χ0v) is 18.0. The van der Waals surface area contributed by atoms with Crippen LogP contribution in [-0.4, -0.2) is 35.6 Å². The fourth-order valence-electron chi connectivity index (χ4n) is 3.54. The molecule has 1 N–H and O–H groups in total. The Morgan fingerprint density at radius 1 is 1.17 bits per heavy atom. The molecule has 2 heterocycles. The number of likely N-dealkylation sites (tertiary alicyclic amines) is 1. The van der Waals surface area contributed by atoms with E-state index in [2.05, 4.69) is 5.32 Å². The SMILES string of the molecule is CC(=O)c1ccc(C(=O)N2CCC[C@H](CCC(=O)NCc3ccccc3Cl)C2)s1. The maximum atomic E-state index is 12.7. The number of thiophene rings is 1. The molecule has 7 heteroatoms. The lowest BCUT2D eigenvalue weighted by molar-refractivity contribution is -0.121. The molecule has 154 valence electrons. The van der Waals surface area contributed by atoms with Crippen molar-refractivity contribution >= 4 is 40.5 Å². The number of benzene rings is 1. The van der Waals surface area contributed by atoms with E-state index >= 15 is 0 Å². The van der Waals surface area contributed by atoms with E-state index in [-0.39, 0.29) is 17.6 Å². The normalized spacial score (nSPS) is 16.5. The molecule has 1 aromatic carbocycles. The topological polar surface area (TPSA) is 66.5 Å². The van der Waals surface area contributed by atoms with Crippen LogP contribution in [0.4, 0.5) is 0 Å². The Morgan fingerprint density at radius 2 is 1.93 bits per heavy atom. The van der Waals surface area contributed by atoms with Crippen LogP contribution >= 0.6 is 22.9 Å². The zero-order valence-electron chi connectivity index (χ0n) is 16.4. The van der Waals surface area contributed by atoms with Crippen molar-refractivity contribution in [3.8, 4) is 0 Å². The number of carbonyl (C=O) groups is 3. The summed E-state index contributed by atoms with van der Waals surface area (Å²) in [6.45, 7) is 3.31. The summed E-state index contributed by atoms with van der Waals surface area (Å²) in [6, 6.07) is 10.9. The molecule has 29 heavy (non-hydrogen) atoms. The fourth-order valence-corrected chi connectivity index (χ4v) is 4.61. The third kappa shape index (κ3) is 5.90. The van der Waals surface area contributed by atoms with Crippen molar-refractivity contribution in [2.24, 2.45) is 5.92 Å². The first-order valence-corrected chi connectivity index (χ1v) is 11.0. The first kappa shape index (κ1) is 21.5. The number of hydrogen-bond acceptors (Lipinski definition) is 4. The molecule has 1 saturated heterocycles. The van der Waals surface area contributed by atoms with Crippen LogP contribution < -0.4 is 5.32 Å². The quantitative estimate of drug-likeness (QED) is 0.652. The largest absolute Gasteiger partial charge is 0.352 e. The summed E-state index contributed by atoms with van der Waals surface area (Å²) >= 11 is 7.37. The van der Waals surface area contributed by atoms with Crippen LogP contribution in [0.15, 0.2) is 36.4 Å². The molecule has 3 rings (SSSR count). The highest BCUT2D eigenvalue weighted by atomic mass is 35.5. The Balaban J connectivity index is 1.46. The fraction of sp³-hybridized carbons (Fsp3) is 0.409. The van der Waals surface area contributed by atoms with E-state index in [1.54, 1.807) is 12.1 Å². The van der Waals surface area contributed by atoms with Crippen LogP contribution in [0, 0.1) is 5.92 Å². The van der Waals surface area contributed by atoms with Gasteiger partial charge in [-0.05, 0) is 55.9 Å². The summed E-state index contributed by atoms with van der Waals surface area (Å²) in [5, 5.41) is 3.57. The van der Waals surface area contributed by atoms with Crippen molar-refractivity contribution in [1.82, 2.24) is 10.2 Å². The molecule has 0 bridgehead atoms. The van der Waals surface area contributed by atoms with Crippen molar-refractivity contribution in [1.29, 1.82) is 0 Å². The second-order valence-electron chi connectivity index (χ2n) is 7.39. The molecule has 0 aliphatic carbocycles. The Kier molecular flexibility index (Phi) is 7.45. The minimum absolute atomic E-state index is 0.00211. The standard InChI is InChI=1S/C22H25ClN2O3S/c1-15(26)19-9-10-20(29-19)22(28)25-12-4-5-16(14-25)8-11-21(27)24-13-17-6-2-3-7-18(17)23/h2-3,6-7,9-10,16H,4-5,8,11-14H2,1H3,(H,24,27)/t16-/m1/s1. The molecular formula is C22H25ClN2O3S. The van der Waals surface area contributed by atoms with Gasteiger partial charge in [0, 0.05) is 31.1 Å². The molecule has 1 aliphatic heterocycles. The van der Waals surface area contributed by atoms with Gasteiger partial charge in [-0.25, -0.2) is 0 Å². The summed E-state index contributed by atoms with van der Waals surface area (Å²) in [6.07, 6.45) is 3.14. The van der Waals surface area contributed by atoms with Crippen LogP contribution in [0.3, 0.4) is 0 Å². The highest BCUT2D eigenvalue weighted by Crippen LogP contribution is 2.25. The predicted octanol–water partition coefficient (Wildman–Crippen LogP) is 4.55. The van der Waals surface area contributed by atoms with Crippen molar-refractivity contribution in [2.75, 3.05) is 13.1 Å². The second kappa shape index (κ2) is 10.0. The van der Waals surface area contributed by atoms with Crippen molar-refractivity contribution < 1.29 is 14.4 Å². The molecule has 1 fully saturated rings. The van der Waals surface area contributed by atoms with E-state index in [9.17, 15) is 14.4 Å². The summed E-state index contributed by atoms with van der Waals surface area (Å²) in [5.74, 6) is 0.271. The highest BCUT2D eigenvalue weighted by Gasteiger charge is 2.26. The van der Waals surface area contributed by atoms with E-state index in [0.29, 0.717) is 40.2 Å². The maximum Gasteiger partial charge on any atom is 0.263 e. The van der Waals surface area contributed by atoms with E-state index in [1.807, 2.05) is 29.2 Å². The number of carbonyl (C=O) groups excluding carboxylic acids is 3. The lowest BCUT2D eigenvalue weighted by atomic mass is 9.93. The first-order chi connectivity index (χ1) is 13.9. The first-order valence-electron chi connectivity index (χ1n) is 9.84. The number of hydrogen-bond donors (Lipinski definition) is 1. The van der Waals surface area contributed by atoms with Gasteiger partial charge in [-0.3, -0.25) is 14.4 Å². The highest BCUT2D eigenvalue weighted by molar-refractivity contribution is 7.15. The van der Waals surface area contributed by atoms with Crippen molar-refractivity contribution in [3.05, 3.63) is 56.7 Å². The van der Waals surface area contributed by atoms with Gasteiger partial charge in [0.2, 0.25) is 5.91 Å². The van der Waals surface area contributed by atoms with Gasteiger partial charge in [0.05, 0.1) is 9.75 Å². The molecule has 0 spiro atoms. The zero-order chi connectivity index (χ0) is 20.8. The number of amides is 2. The van der Waals surface area contributed by atoms with Gasteiger partial charge in [-0.1, -0.05) is 29.8 Å². The van der Waals surface area contributed by atoms with Crippen LogP contribution in [0.5, 0.6) is 0 Å².